The largest absolute Gasteiger partial charge is 0.490 e. The first-order chi connectivity index (χ1) is 11.1. The van der Waals surface area contributed by atoms with E-state index in [0.29, 0.717) is 25.3 Å². The molecule has 0 aliphatic carbocycles. The minimum atomic E-state index is -2.96. The zero-order valence-corrected chi connectivity index (χ0v) is 13.7. The Hall–Kier alpha value is -2.00. The Morgan fingerprint density at radius 1 is 1.43 bits per heavy atom. The lowest BCUT2D eigenvalue weighted by atomic mass is 10.2. The van der Waals surface area contributed by atoms with Crippen molar-refractivity contribution >= 4 is 23.5 Å². The highest BCUT2D eigenvalue weighted by Crippen LogP contribution is 2.31. The summed E-state index contributed by atoms with van der Waals surface area (Å²) >= 11 is 4.99. The summed E-state index contributed by atoms with van der Waals surface area (Å²) in [6, 6.07) is 4.77. The summed E-state index contributed by atoms with van der Waals surface area (Å²) in [7, 11) is 1.58. The summed E-state index contributed by atoms with van der Waals surface area (Å²) in [4.78, 5) is 0. The minimum Gasteiger partial charge on any atom is -0.490 e. The molecule has 9 heteroatoms. The lowest BCUT2D eigenvalue weighted by Crippen LogP contribution is -2.34. The SMILES string of the molecule is CCOc1cccc(/C=N\NC(=S)NCCOC)c1OC(F)F. The molecular weight excluding hydrogens is 328 g/mol. The van der Waals surface area contributed by atoms with Crippen LogP contribution in [-0.2, 0) is 4.74 Å². The topological polar surface area (TPSA) is 64.1 Å². The summed E-state index contributed by atoms with van der Waals surface area (Å²) in [6.07, 6.45) is 1.32. The summed E-state index contributed by atoms with van der Waals surface area (Å²) < 4.78 is 39.8. The molecule has 0 radical (unpaired) electrons. The molecule has 1 aromatic carbocycles. The van der Waals surface area contributed by atoms with Crippen LogP contribution in [0.2, 0.25) is 0 Å². The van der Waals surface area contributed by atoms with Crippen molar-refractivity contribution < 1.29 is 23.0 Å². The van der Waals surface area contributed by atoms with Crippen molar-refractivity contribution in [2.45, 2.75) is 13.5 Å². The van der Waals surface area contributed by atoms with Crippen molar-refractivity contribution in [1.82, 2.24) is 10.7 Å². The lowest BCUT2D eigenvalue weighted by molar-refractivity contribution is -0.0515. The summed E-state index contributed by atoms with van der Waals surface area (Å²) in [5.74, 6) is 0.144. The normalized spacial score (nSPS) is 10.8. The molecule has 1 aromatic rings. The van der Waals surface area contributed by atoms with Crippen LogP contribution < -0.4 is 20.2 Å². The zero-order chi connectivity index (χ0) is 17.1. The molecule has 0 aliphatic rings. The van der Waals surface area contributed by atoms with Crippen LogP contribution in [0.4, 0.5) is 8.78 Å². The van der Waals surface area contributed by atoms with E-state index in [1.54, 1.807) is 32.2 Å². The molecule has 0 aromatic heterocycles. The van der Waals surface area contributed by atoms with Gasteiger partial charge in [0, 0.05) is 19.2 Å². The van der Waals surface area contributed by atoms with Gasteiger partial charge in [-0.2, -0.15) is 13.9 Å². The fraction of sp³-hybridized carbons (Fsp3) is 0.429. The van der Waals surface area contributed by atoms with Crippen molar-refractivity contribution in [3.8, 4) is 11.5 Å². The Balaban J connectivity index is 2.76. The average Bonchev–Trinajstić information content (AvgIpc) is 2.50. The third kappa shape index (κ3) is 7.20. The summed E-state index contributed by atoms with van der Waals surface area (Å²) in [5.41, 5.74) is 2.91. The Kier molecular flexibility index (Phi) is 8.85. The third-order valence-electron chi connectivity index (χ3n) is 2.48. The molecule has 0 bridgehead atoms. The molecule has 0 fully saturated rings. The van der Waals surface area contributed by atoms with E-state index in [0.717, 1.165) is 0 Å². The summed E-state index contributed by atoms with van der Waals surface area (Å²) in [6.45, 7) is 0.129. The molecule has 0 amide bonds. The molecule has 0 spiro atoms. The highest BCUT2D eigenvalue weighted by atomic mass is 32.1. The quantitative estimate of drug-likeness (QED) is 0.309. The maximum atomic E-state index is 12.6. The number of para-hydroxylation sites is 1. The fourth-order valence-electron chi connectivity index (χ4n) is 1.59. The number of halogens is 2. The van der Waals surface area contributed by atoms with E-state index in [9.17, 15) is 8.78 Å². The molecule has 0 heterocycles. The van der Waals surface area contributed by atoms with Crippen molar-refractivity contribution in [2.75, 3.05) is 26.9 Å². The Morgan fingerprint density at radius 3 is 2.87 bits per heavy atom. The molecule has 0 saturated carbocycles. The van der Waals surface area contributed by atoms with E-state index < -0.39 is 6.61 Å². The van der Waals surface area contributed by atoms with Gasteiger partial charge in [-0.25, -0.2) is 0 Å². The van der Waals surface area contributed by atoms with Gasteiger partial charge in [-0.1, -0.05) is 6.07 Å². The molecule has 1 rings (SSSR count). The van der Waals surface area contributed by atoms with Crippen LogP contribution >= 0.6 is 12.2 Å². The van der Waals surface area contributed by atoms with Crippen molar-refractivity contribution in [3.63, 3.8) is 0 Å². The Bertz CT molecular complexity index is 530. The Labute approximate surface area is 138 Å². The maximum absolute atomic E-state index is 12.6. The number of hydrogen-bond acceptors (Lipinski definition) is 5. The van der Waals surface area contributed by atoms with Gasteiger partial charge < -0.3 is 19.5 Å². The van der Waals surface area contributed by atoms with E-state index in [1.165, 1.54) is 6.21 Å². The van der Waals surface area contributed by atoms with Gasteiger partial charge in [0.1, 0.15) is 0 Å². The second kappa shape index (κ2) is 10.7. The van der Waals surface area contributed by atoms with Gasteiger partial charge >= 0.3 is 6.61 Å². The van der Waals surface area contributed by atoms with Crippen LogP contribution in [0.3, 0.4) is 0 Å². The number of ether oxygens (including phenoxy) is 3. The van der Waals surface area contributed by atoms with Gasteiger partial charge in [-0.15, -0.1) is 0 Å². The minimum absolute atomic E-state index is 0.0758. The van der Waals surface area contributed by atoms with Gasteiger partial charge in [-0.05, 0) is 31.3 Å². The number of thiocarbonyl (C=S) groups is 1. The standard InChI is InChI=1S/C14H19F2N3O3S/c1-3-21-11-6-4-5-10(12(11)22-13(15)16)9-18-19-14(23)17-7-8-20-2/h4-6,9,13H,3,7-8H2,1-2H3,(H2,17,19,23)/b18-9-. The first-order valence-corrected chi connectivity index (χ1v) is 7.25. The van der Waals surface area contributed by atoms with Gasteiger partial charge in [0.25, 0.3) is 0 Å². The van der Waals surface area contributed by atoms with Crippen LogP contribution in [0.15, 0.2) is 23.3 Å². The van der Waals surface area contributed by atoms with Crippen LogP contribution in [0, 0.1) is 0 Å². The van der Waals surface area contributed by atoms with Crippen molar-refractivity contribution in [3.05, 3.63) is 23.8 Å². The first-order valence-electron chi connectivity index (χ1n) is 6.85. The molecule has 0 saturated heterocycles. The molecule has 23 heavy (non-hydrogen) atoms. The molecule has 2 N–H and O–H groups in total. The van der Waals surface area contributed by atoms with Gasteiger partial charge in [-0.3, -0.25) is 5.43 Å². The van der Waals surface area contributed by atoms with Crippen LogP contribution in [0.25, 0.3) is 0 Å². The van der Waals surface area contributed by atoms with Gasteiger partial charge in [0.05, 0.1) is 19.4 Å². The fourth-order valence-corrected chi connectivity index (χ4v) is 1.74. The average molecular weight is 347 g/mol. The number of hydrazone groups is 1. The second-order valence-electron chi connectivity index (χ2n) is 4.10. The number of alkyl halides is 2. The highest BCUT2D eigenvalue weighted by Gasteiger charge is 2.14. The predicted octanol–water partition coefficient (Wildman–Crippen LogP) is 2.13. The van der Waals surface area contributed by atoms with Crippen LogP contribution in [0.5, 0.6) is 11.5 Å². The highest BCUT2D eigenvalue weighted by molar-refractivity contribution is 7.80. The molecule has 128 valence electrons. The van der Waals surface area contributed by atoms with E-state index in [4.69, 9.17) is 21.7 Å². The molecule has 0 atom stereocenters. The molecular formula is C14H19F2N3O3S. The lowest BCUT2D eigenvalue weighted by Gasteiger charge is -2.13. The van der Waals surface area contributed by atoms with Gasteiger partial charge in [0.15, 0.2) is 16.6 Å². The first kappa shape index (κ1) is 19.0. The Morgan fingerprint density at radius 2 is 2.22 bits per heavy atom. The van der Waals surface area contributed by atoms with E-state index in [1.807, 2.05) is 0 Å². The second-order valence-corrected chi connectivity index (χ2v) is 4.51. The number of methoxy groups -OCH3 is 1. The van der Waals surface area contributed by atoms with Crippen molar-refractivity contribution in [1.29, 1.82) is 0 Å². The predicted molar refractivity (Wildman–Crippen MR) is 87.4 cm³/mol. The maximum Gasteiger partial charge on any atom is 0.387 e. The number of nitrogens with one attached hydrogen (secondary N) is 2. The van der Waals surface area contributed by atoms with Crippen molar-refractivity contribution in [2.24, 2.45) is 5.10 Å². The van der Waals surface area contributed by atoms with E-state index in [-0.39, 0.29) is 16.6 Å². The number of rotatable bonds is 9. The van der Waals surface area contributed by atoms with Gasteiger partial charge in [0.2, 0.25) is 0 Å². The summed E-state index contributed by atoms with van der Waals surface area (Å²) in [5, 5.41) is 7.03. The van der Waals surface area contributed by atoms with Crippen LogP contribution in [-0.4, -0.2) is 44.8 Å². The van der Waals surface area contributed by atoms with Crippen LogP contribution in [0.1, 0.15) is 12.5 Å². The van der Waals surface area contributed by atoms with E-state index in [2.05, 4.69) is 20.6 Å². The molecule has 0 aliphatic heterocycles. The number of hydrogen-bond donors (Lipinski definition) is 2. The number of nitrogens with zero attached hydrogens (tertiary/aromatic N) is 1. The number of benzene rings is 1. The molecule has 0 unspecified atom stereocenters. The monoisotopic (exact) mass is 347 g/mol. The molecule has 6 nitrogen and oxygen atoms in total. The smallest absolute Gasteiger partial charge is 0.387 e. The third-order valence-corrected chi connectivity index (χ3v) is 2.71. The van der Waals surface area contributed by atoms with E-state index >= 15 is 0 Å². The zero-order valence-electron chi connectivity index (χ0n) is 12.8.